The Labute approximate surface area is 111 Å². The summed E-state index contributed by atoms with van der Waals surface area (Å²) in [6.45, 7) is 10.5. The molecule has 1 aliphatic rings. The Morgan fingerprint density at radius 2 is 2.06 bits per heavy atom. The van der Waals surface area contributed by atoms with E-state index in [0.717, 1.165) is 6.54 Å². The highest BCUT2D eigenvalue weighted by Gasteiger charge is 2.38. The number of rotatable bonds is 4. The molecule has 0 aliphatic carbocycles. The van der Waals surface area contributed by atoms with Gasteiger partial charge in [0.25, 0.3) is 0 Å². The monoisotopic (exact) mass is 256 g/mol. The van der Waals surface area contributed by atoms with Gasteiger partial charge in [0, 0.05) is 19.1 Å². The molecule has 0 radical (unpaired) electrons. The molecule has 1 aliphatic heterocycles. The highest BCUT2D eigenvalue weighted by atomic mass is 16.5. The van der Waals surface area contributed by atoms with Gasteiger partial charge in [-0.05, 0) is 39.2 Å². The first-order valence-electron chi connectivity index (χ1n) is 6.85. The van der Waals surface area contributed by atoms with Crippen LogP contribution in [0.2, 0.25) is 0 Å². The van der Waals surface area contributed by atoms with Gasteiger partial charge in [0.1, 0.15) is 5.54 Å². The number of carbonyl (C=O) groups is 1. The van der Waals surface area contributed by atoms with E-state index in [2.05, 4.69) is 31.0 Å². The summed E-state index contributed by atoms with van der Waals surface area (Å²) in [6, 6.07) is 0.513. The van der Waals surface area contributed by atoms with Crippen molar-refractivity contribution in [2.45, 2.75) is 45.7 Å². The molecule has 18 heavy (non-hydrogen) atoms. The van der Waals surface area contributed by atoms with E-state index in [0.29, 0.717) is 24.4 Å². The predicted molar refractivity (Wildman–Crippen MR) is 73.5 cm³/mol. The van der Waals surface area contributed by atoms with E-state index in [1.807, 2.05) is 14.0 Å². The second-order valence-electron chi connectivity index (χ2n) is 6.06. The molecule has 0 spiro atoms. The van der Waals surface area contributed by atoms with Crippen LogP contribution >= 0.6 is 0 Å². The molecule has 1 rings (SSSR count). The molecule has 1 fully saturated rings. The molecular formula is C14H28N2O2. The maximum atomic E-state index is 11.9. The maximum Gasteiger partial charge on any atom is 0.327 e. The number of piperidine rings is 1. The molecule has 1 N–H and O–H groups in total. The largest absolute Gasteiger partial charge is 0.468 e. The summed E-state index contributed by atoms with van der Waals surface area (Å²) in [5.74, 6) is 1.17. The molecule has 1 heterocycles. The number of nitrogens with zero attached hydrogens (tertiary/aromatic N) is 1. The minimum atomic E-state index is -0.625. The highest BCUT2D eigenvalue weighted by molar-refractivity contribution is 5.80. The zero-order valence-electron chi connectivity index (χ0n) is 12.6. The van der Waals surface area contributed by atoms with E-state index in [1.165, 1.54) is 13.5 Å². The zero-order chi connectivity index (χ0) is 13.9. The van der Waals surface area contributed by atoms with Crippen LogP contribution in [0, 0.1) is 11.8 Å². The van der Waals surface area contributed by atoms with Crippen LogP contribution in [0.3, 0.4) is 0 Å². The van der Waals surface area contributed by atoms with Crippen molar-refractivity contribution in [3.05, 3.63) is 0 Å². The third-order valence-corrected chi connectivity index (χ3v) is 4.43. The number of carbonyl (C=O) groups excluding carboxylic acids is 1. The van der Waals surface area contributed by atoms with Crippen molar-refractivity contribution in [3.63, 3.8) is 0 Å². The lowest BCUT2D eigenvalue weighted by molar-refractivity contribution is -0.149. The number of likely N-dealkylation sites (N-methyl/N-ethyl adjacent to an activating group) is 1. The smallest absolute Gasteiger partial charge is 0.327 e. The van der Waals surface area contributed by atoms with Crippen LogP contribution in [0.15, 0.2) is 0 Å². The summed E-state index contributed by atoms with van der Waals surface area (Å²) < 4.78 is 4.91. The summed E-state index contributed by atoms with van der Waals surface area (Å²) in [7, 11) is 3.27. The Hall–Kier alpha value is -0.610. The quantitative estimate of drug-likeness (QED) is 0.774. The number of methoxy groups -OCH3 is 1. The van der Waals surface area contributed by atoms with Gasteiger partial charge in [0.15, 0.2) is 0 Å². The number of ether oxygens (including phenoxy) is 1. The van der Waals surface area contributed by atoms with Crippen LogP contribution in [-0.2, 0) is 9.53 Å². The fourth-order valence-electron chi connectivity index (χ4n) is 2.92. The zero-order valence-corrected chi connectivity index (χ0v) is 12.6. The number of hydrogen-bond acceptors (Lipinski definition) is 4. The van der Waals surface area contributed by atoms with E-state index in [1.54, 1.807) is 0 Å². The number of hydrogen-bond donors (Lipinski definition) is 1. The van der Waals surface area contributed by atoms with E-state index in [-0.39, 0.29) is 5.97 Å². The SMILES string of the molecule is CNC(C)(CN1CC(C)CC(C)C1C)C(=O)OC. The summed E-state index contributed by atoms with van der Waals surface area (Å²) in [5.41, 5.74) is -0.625. The first kappa shape index (κ1) is 15.4. The molecule has 0 amide bonds. The fourth-order valence-corrected chi connectivity index (χ4v) is 2.92. The van der Waals surface area contributed by atoms with E-state index in [4.69, 9.17) is 4.74 Å². The summed E-state index contributed by atoms with van der Waals surface area (Å²) in [6.07, 6.45) is 1.27. The highest BCUT2D eigenvalue weighted by Crippen LogP contribution is 2.28. The number of likely N-dealkylation sites (tertiary alicyclic amines) is 1. The molecule has 1 saturated heterocycles. The van der Waals surface area contributed by atoms with Gasteiger partial charge in [-0.3, -0.25) is 9.69 Å². The van der Waals surface area contributed by atoms with Gasteiger partial charge in [-0.1, -0.05) is 13.8 Å². The van der Waals surface area contributed by atoms with Crippen molar-refractivity contribution < 1.29 is 9.53 Å². The molecule has 4 unspecified atom stereocenters. The average Bonchev–Trinajstić information content (AvgIpc) is 2.34. The van der Waals surface area contributed by atoms with Gasteiger partial charge < -0.3 is 10.1 Å². The third-order valence-electron chi connectivity index (χ3n) is 4.43. The van der Waals surface area contributed by atoms with Crippen molar-refractivity contribution in [3.8, 4) is 0 Å². The molecule has 0 bridgehead atoms. The summed E-state index contributed by atoms with van der Waals surface area (Å²) >= 11 is 0. The van der Waals surface area contributed by atoms with Crippen LogP contribution < -0.4 is 5.32 Å². The molecule has 0 aromatic heterocycles. The van der Waals surface area contributed by atoms with Gasteiger partial charge in [0.2, 0.25) is 0 Å². The van der Waals surface area contributed by atoms with Crippen molar-refractivity contribution in [1.29, 1.82) is 0 Å². The Bertz CT molecular complexity index is 296. The standard InChI is InChI=1S/C14H28N2O2/c1-10-7-11(2)12(3)16(8-10)9-14(4,15-5)13(17)18-6/h10-12,15H,7-9H2,1-6H3. The van der Waals surface area contributed by atoms with Crippen LogP contribution in [0.5, 0.6) is 0 Å². The first-order valence-corrected chi connectivity index (χ1v) is 6.85. The van der Waals surface area contributed by atoms with Crippen molar-refractivity contribution in [2.75, 3.05) is 27.2 Å². The van der Waals surface area contributed by atoms with Crippen LogP contribution in [-0.4, -0.2) is 49.7 Å². The van der Waals surface area contributed by atoms with Gasteiger partial charge in [-0.25, -0.2) is 0 Å². The molecule has 0 aromatic rings. The normalized spacial score (nSPS) is 32.9. The maximum absolute atomic E-state index is 11.9. The second-order valence-corrected chi connectivity index (χ2v) is 6.06. The van der Waals surface area contributed by atoms with Crippen molar-refractivity contribution in [2.24, 2.45) is 11.8 Å². The fraction of sp³-hybridized carbons (Fsp3) is 0.929. The number of nitrogens with one attached hydrogen (secondary N) is 1. The minimum absolute atomic E-state index is 0.192. The Morgan fingerprint density at radius 3 is 2.56 bits per heavy atom. The molecule has 4 heteroatoms. The Morgan fingerprint density at radius 1 is 1.44 bits per heavy atom. The van der Waals surface area contributed by atoms with Crippen LogP contribution in [0.4, 0.5) is 0 Å². The second kappa shape index (κ2) is 6.02. The molecule has 4 nitrogen and oxygen atoms in total. The molecule has 0 saturated carbocycles. The molecule has 0 aromatic carbocycles. The van der Waals surface area contributed by atoms with Gasteiger partial charge in [0.05, 0.1) is 7.11 Å². The molecule has 4 atom stereocenters. The lowest BCUT2D eigenvalue weighted by Crippen LogP contribution is -2.60. The van der Waals surface area contributed by atoms with Crippen molar-refractivity contribution >= 4 is 5.97 Å². The first-order chi connectivity index (χ1) is 8.34. The molecule has 106 valence electrons. The van der Waals surface area contributed by atoms with Gasteiger partial charge in [-0.2, -0.15) is 0 Å². The topological polar surface area (TPSA) is 41.6 Å². The minimum Gasteiger partial charge on any atom is -0.468 e. The number of esters is 1. The van der Waals surface area contributed by atoms with E-state index >= 15 is 0 Å². The lowest BCUT2D eigenvalue weighted by atomic mass is 9.85. The predicted octanol–water partition coefficient (Wildman–Crippen LogP) is 1.50. The Kier molecular flexibility index (Phi) is 5.17. The third kappa shape index (κ3) is 3.23. The van der Waals surface area contributed by atoms with E-state index < -0.39 is 5.54 Å². The van der Waals surface area contributed by atoms with Crippen LogP contribution in [0.1, 0.15) is 34.1 Å². The van der Waals surface area contributed by atoms with Gasteiger partial charge in [-0.15, -0.1) is 0 Å². The van der Waals surface area contributed by atoms with Crippen molar-refractivity contribution in [1.82, 2.24) is 10.2 Å². The Balaban J connectivity index is 2.77. The average molecular weight is 256 g/mol. The van der Waals surface area contributed by atoms with Crippen LogP contribution in [0.25, 0.3) is 0 Å². The summed E-state index contributed by atoms with van der Waals surface area (Å²) in [5, 5.41) is 3.11. The lowest BCUT2D eigenvalue weighted by Gasteiger charge is -2.44. The van der Waals surface area contributed by atoms with Gasteiger partial charge >= 0.3 is 5.97 Å². The molecular weight excluding hydrogens is 228 g/mol. The summed E-state index contributed by atoms with van der Waals surface area (Å²) in [4.78, 5) is 14.3. The van der Waals surface area contributed by atoms with E-state index in [9.17, 15) is 4.79 Å².